The lowest BCUT2D eigenvalue weighted by Gasteiger charge is -2.30. The van der Waals surface area contributed by atoms with Crippen molar-refractivity contribution in [1.82, 2.24) is 4.31 Å². The van der Waals surface area contributed by atoms with Crippen LogP contribution < -0.4 is 14.2 Å². The van der Waals surface area contributed by atoms with Crippen molar-refractivity contribution in [3.8, 4) is 17.2 Å². The van der Waals surface area contributed by atoms with Gasteiger partial charge in [-0.15, -0.1) is 0 Å². The average molecular weight is 458 g/mol. The highest BCUT2D eigenvalue weighted by Crippen LogP contribution is 2.36. The minimum Gasteiger partial charge on any atom is -0.493 e. The summed E-state index contributed by atoms with van der Waals surface area (Å²) in [6.07, 6.45) is 7.89. The Morgan fingerprint density at radius 1 is 1.03 bits per heavy atom. The van der Waals surface area contributed by atoms with Crippen LogP contribution in [0.4, 0.5) is 0 Å². The molecule has 32 heavy (non-hydrogen) atoms. The number of fused-ring (bicyclic) bond motifs is 1. The first-order valence-electron chi connectivity index (χ1n) is 11.0. The van der Waals surface area contributed by atoms with E-state index in [0.717, 1.165) is 42.6 Å². The minimum absolute atomic E-state index is 0.0187. The topological polar surface area (TPSA) is 65.1 Å². The molecule has 1 saturated carbocycles. The van der Waals surface area contributed by atoms with Crippen LogP contribution in [0.3, 0.4) is 0 Å². The molecule has 7 heteroatoms. The van der Waals surface area contributed by atoms with E-state index >= 15 is 0 Å². The van der Waals surface area contributed by atoms with E-state index in [0.29, 0.717) is 18.0 Å². The highest BCUT2D eigenvalue weighted by Gasteiger charge is 2.34. The summed E-state index contributed by atoms with van der Waals surface area (Å²) in [5.74, 6) is 1.72. The molecule has 0 bridgehead atoms. The molecule has 0 amide bonds. The maximum absolute atomic E-state index is 13.8. The fourth-order valence-corrected chi connectivity index (χ4v) is 6.11. The molecular weight excluding hydrogens is 426 g/mol. The smallest absolute Gasteiger partial charge is 0.243 e. The second kappa shape index (κ2) is 8.79. The monoisotopic (exact) mass is 457 g/mol. The predicted octanol–water partition coefficient (Wildman–Crippen LogP) is 5.02. The van der Waals surface area contributed by atoms with Crippen LogP contribution in [-0.4, -0.2) is 38.6 Å². The van der Waals surface area contributed by atoms with E-state index in [1.807, 2.05) is 44.2 Å². The highest BCUT2D eigenvalue weighted by molar-refractivity contribution is 7.89. The van der Waals surface area contributed by atoms with Crippen LogP contribution in [0.15, 0.2) is 47.4 Å². The maximum Gasteiger partial charge on any atom is 0.243 e. The van der Waals surface area contributed by atoms with Crippen molar-refractivity contribution in [1.29, 1.82) is 0 Å². The highest BCUT2D eigenvalue weighted by atomic mass is 32.2. The van der Waals surface area contributed by atoms with E-state index in [9.17, 15) is 8.42 Å². The van der Waals surface area contributed by atoms with Gasteiger partial charge in [0.1, 0.15) is 11.4 Å². The van der Waals surface area contributed by atoms with Crippen LogP contribution in [0.25, 0.3) is 6.08 Å². The van der Waals surface area contributed by atoms with Gasteiger partial charge in [0, 0.05) is 24.2 Å². The SMILES string of the molecule is COc1ccc(S(=O)(=O)N(Cc2ccc3c(c2)C=CC(C)(C)O3)C2CCCC2)cc1OC. The van der Waals surface area contributed by atoms with E-state index in [4.69, 9.17) is 14.2 Å². The van der Waals surface area contributed by atoms with Gasteiger partial charge < -0.3 is 14.2 Å². The Balaban J connectivity index is 1.68. The third-order valence-electron chi connectivity index (χ3n) is 6.14. The summed E-state index contributed by atoms with van der Waals surface area (Å²) in [6, 6.07) is 10.7. The average Bonchev–Trinajstić information content (AvgIpc) is 3.30. The molecule has 2 aliphatic rings. The normalized spacial score (nSPS) is 17.8. The van der Waals surface area contributed by atoms with Gasteiger partial charge >= 0.3 is 0 Å². The Labute approximate surface area is 190 Å². The number of benzene rings is 2. The van der Waals surface area contributed by atoms with Gasteiger partial charge in [-0.1, -0.05) is 25.0 Å². The number of ether oxygens (including phenoxy) is 3. The molecule has 1 heterocycles. The Morgan fingerprint density at radius 3 is 2.44 bits per heavy atom. The Bertz CT molecular complexity index is 1120. The van der Waals surface area contributed by atoms with Crippen LogP contribution in [0.5, 0.6) is 17.2 Å². The standard InChI is InChI=1S/C25H31NO5S/c1-25(2)14-13-19-15-18(9-11-22(19)31-25)17-26(20-7-5-6-8-20)32(27,28)21-10-12-23(29-3)24(16-21)30-4/h9-16,20H,5-8,17H2,1-4H3. The van der Waals surface area contributed by atoms with Gasteiger partial charge in [0.25, 0.3) is 0 Å². The maximum atomic E-state index is 13.8. The number of sulfonamides is 1. The number of hydrogen-bond donors (Lipinski definition) is 0. The quantitative estimate of drug-likeness (QED) is 0.584. The van der Waals surface area contributed by atoms with Crippen molar-refractivity contribution in [3.05, 3.63) is 53.6 Å². The van der Waals surface area contributed by atoms with Crippen LogP contribution in [0, 0.1) is 0 Å². The van der Waals surface area contributed by atoms with Crippen LogP contribution in [0.2, 0.25) is 0 Å². The molecule has 2 aromatic rings. The molecule has 1 fully saturated rings. The largest absolute Gasteiger partial charge is 0.493 e. The first-order chi connectivity index (χ1) is 15.2. The molecule has 0 N–H and O–H groups in total. The Morgan fingerprint density at radius 2 is 1.75 bits per heavy atom. The third-order valence-corrected chi connectivity index (χ3v) is 8.04. The zero-order chi connectivity index (χ0) is 22.9. The van der Waals surface area contributed by atoms with Crippen molar-refractivity contribution in [3.63, 3.8) is 0 Å². The number of hydrogen-bond acceptors (Lipinski definition) is 5. The second-order valence-electron chi connectivity index (χ2n) is 8.92. The van der Waals surface area contributed by atoms with Gasteiger partial charge in [0.15, 0.2) is 11.5 Å². The van der Waals surface area contributed by atoms with Gasteiger partial charge in [0.05, 0.1) is 19.1 Å². The van der Waals surface area contributed by atoms with Gasteiger partial charge in [-0.3, -0.25) is 0 Å². The molecule has 0 aromatic heterocycles. The molecule has 0 radical (unpaired) electrons. The Hall–Kier alpha value is -2.51. The summed E-state index contributed by atoms with van der Waals surface area (Å²) in [6.45, 7) is 4.33. The molecular formula is C25H31NO5S. The summed E-state index contributed by atoms with van der Waals surface area (Å²) in [7, 11) is -0.691. The fraction of sp³-hybridized carbons (Fsp3) is 0.440. The molecule has 172 valence electrons. The summed E-state index contributed by atoms with van der Waals surface area (Å²) < 4.78 is 45.8. The molecule has 6 nitrogen and oxygen atoms in total. The van der Waals surface area contributed by atoms with E-state index in [1.165, 1.54) is 14.2 Å². The lowest BCUT2D eigenvalue weighted by Crippen LogP contribution is -2.38. The Kier molecular flexibility index (Phi) is 6.23. The molecule has 0 spiro atoms. The predicted molar refractivity (Wildman–Crippen MR) is 125 cm³/mol. The number of rotatable bonds is 7. The summed E-state index contributed by atoms with van der Waals surface area (Å²) >= 11 is 0. The fourth-order valence-electron chi connectivity index (χ4n) is 4.42. The zero-order valence-electron chi connectivity index (χ0n) is 19.1. The number of methoxy groups -OCH3 is 2. The molecule has 0 unspecified atom stereocenters. The first kappa shape index (κ1) is 22.7. The molecule has 2 aromatic carbocycles. The van der Waals surface area contributed by atoms with Crippen LogP contribution in [0.1, 0.15) is 50.7 Å². The summed E-state index contributed by atoms with van der Waals surface area (Å²) in [4.78, 5) is 0.213. The van der Waals surface area contributed by atoms with Crippen LogP contribution >= 0.6 is 0 Å². The van der Waals surface area contributed by atoms with Crippen molar-refractivity contribution in [2.75, 3.05) is 14.2 Å². The lowest BCUT2D eigenvalue weighted by atomic mass is 10.0. The molecule has 4 rings (SSSR count). The van der Waals surface area contributed by atoms with Gasteiger partial charge in [-0.25, -0.2) is 8.42 Å². The molecule has 0 saturated heterocycles. The summed E-state index contributed by atoms with van der Waals surface area (Å²) in [5, 5.41) is 0. The van der Waals surface area contributed by atoms with E-state index in [2.05, 4.69) is 0 Å². The minimum atomic E-state index is -3.73. The van der Waals surface area contributed by atoms with Gasteiger partial charge in [-0.2, -0.15) is 4.31 Å². The third kappa shape index (κ3) is 4.50. The van der Waals surface area contributed by atoms with Crippen molar-refractivity contribution in [2.45, 2.75) is 62.6 Å². The van der Waals surface area contributed by atoms with Crippen molar-refractivity contribution < 1.29 is 22.6 Å². The number of nitrogens with zero attached hydrogens (tertiary/aromatic N) is 1. The van der Waals surface area contributed by atoms with Crippen molar-refractivity contribution in [2.24, 2.45) is 0 Å². The summed E-state index contributed by atoms with van der Waals surface area (Å²) in [5.41, 5.74) is 1.56. The molecule has 1 aliphatic heterocycles. The van der Waals surface area contributed by atoms with E-state index in [-0.39, 0.29) is 16.5 Å². The van der Waals surface area contributed by atoms with Gasteiger partial charge in [0.2, 0.25) is 10.0 Å². The van der Waals surface area contributed by atoms with E-state index in [1.54, 1.807) is 22.5 Å². The lowest BCUT2D eigenvalue weighted by molar-refractivity contribution is 0.159. The van der Waals surface area contributed by atoms with E-state index < -0.39 is 10.0 Å². The van der Waals surface area contributed by atoms with Crippen molar-refractivity contribution >= 4 is 16.1 Å². The first-order valence-corrected chi connectivity index (χ1v) is 12.4. The van der Waals surface area contributed by atoms with Gasteiger partial charge in [-0.05, 0) is 62.6 Å². The molecule has 0 atom stereocenters. The molecule has 1 aliphatic carbocycles. The second-order valence-corrected chi connectivity index (χ2v) is 10.8. The zero-order valence-corrected chi connectivity index (χ0v) is 19.9. The van der Waals surface area contributed by atoms with Crippen LogP contribution in [-0.2, 0) is 16.6 Å².